The van der Waals surface area contributed by atoms with E-state index >= 15 is 4.39 Å². The summed E-state index contributed by atoms with van der Waals surface area (Å²) < 4.78 is 34.9. The molecule has 2 N–H and O–H groups in total. The number of nitrogens with zero attached hydrogens (tertiary/aromatic N) is 5. The van der Waals surface area contributed by atoms with Crippen molar-refractivity contribution in [3.63, 3.8) is 0 Å². The molecule has 12 heteroatoms. The van der Waals surface area contributed by atoms with Crippen LogP contribution in [-0.2, 0) is 16.9 Å². The van der Waals surface area contributed by atoms with E-state index in [1.165, 1.54) is 17.4 Å². The summed E-state index contributed by atoms with van der Waals surface area (Å²) >= 11 is 1.33. The number of aromatic nitrogens is 1. The largest absolute Gasteiger partial charge is 0.425 e. The number of aryl methyl sites for hydroxylation is 2. The molecule has 5 rings (SSSR count). The summed E-state index contributed by atoms with van der Waals surface area (Å²) in [6.07, 6.45) is 2.59. The van der Waals surface area contributed by atoms with Crippen LogP contribution in [0.5, 0.6) is 5.75 Å². The Morgan fingerprint density at radius 2 is 1.90 bits per heavy atom. The summed E-state index contributed by atoms with van der Waals surface area (Å²) in [6, 6.07) is 16.2. The van der Waals surface area contributed by atoms with E-state index in [0.29, 0.717) is 35.2 Å². The molecule has 0 saturated carbocycles. The second kappa shape index (κ2) is 15.0. The molecule has 0 radical (unpaired) electrons. The van der Waals surface area contributed by atoms with Gasteiger partial charge in [0.25, 0.3) is 0 Å². The molecule has 1 aromatic heterocycles. The Morgan fingerprint density at radius 3 is 2.56 bits per heavy atom. The van der Waals surface area contributed by atoms with Crippen LogP contribution in [0.25, 0.3) is 11.3 Å². The van der Waals surface area contributed by atoms with Gasteiger partial charge >= 0.3 is 5.97 Å². The van der Waals surface area contributed by atoms with Crippen LogP contribution >= 0.6 is 11.3 Å². The van der Waals surface area contributed by atoms with Crippen molar-refractivity contribution in [2.45, 2.75) is 52.2 Å². The van der Waals surface area contributed by atoms with Crippen LogP contribution in [0.2, 0.25) is 0 Å². The van der Waals surface area contributed by atoms with Gasteiger partial charge < -0.3 is 20.1 Å². The van der Waals surface area contributed by atoms with Crippen LogP contribution in [0.1, 0.15) is 59.0 Å². The van der Waals surface area contributed by atoms with E-state index in [-0.39, 0.29) is 24.6 Å². The third-order valence-electron chi connectivity index (χ3n) is 8.28. The van der Waals surface area contributed by atoms with Gasteiger partial charge in [-0.25, -0.2) is 13.8 Å². The number of carbonyl (C=O) groups excluding carboxylic acids is 1. The van der Waals surface area contributed by atoms with E-state index in [0.717, 1.165) is 47.4 Å². The molecule has 0 aliphatic carbocycles. The highest BCUT2D eigenvalue weighted by atomic mass is 32.1. The highest BCUT2D eigenvalue weighted by Crippen LogP contribution is 2.41. The Labute approximate surface area is 283 Å². The van der Waals surface area contributed by atoms with Gasteiger partial charge in [-0.05, 0) is 61.7 Å². The smallest absolute Gasteiger partial charge is 0.325 e. The van der Waals surface area contributed by atoms with Crippen LogP contribution in [-0.4, -0.2) is 58.6 Å². The fourth-order valence-electron chi connectivity index (χ4n) is 5.77. The molecule has 48 heavy (non-hydrogen) atoms. The number of halogens is 2. The Hall–Kier alpha value is -4.70. The van der Waals surface area contributed by atoms with Gasteiger partial charge in [0.2, 0.25) is 0 Å². The van der Waals surface area contributed by atoms with Gasteiger partial charge in [-0.2, -0.15) is 10.4 Å². The summed E-state index contributed by atoms with van der Waals surface area (Å²) in [5.74, 6) is -2.10. The van der Waals surface area contributed by atoms with Gasteiger partial charge in [0.15, 0.2) is 0 Å². The maximum Gasteiger partial charge on any atom is 0.325 e. The minimum Gasteiger partial charge on any atom is -0.425 e. The third-order valence-corrected chi connectivity index (χ3v) is 9.31. The van der Waals surface area contributed by atoms with Crippen molar-refractivity contribution in [3.05, 3.63) is 104 Å². The molecule has 0 unspecified atom stereocenters. The second-order valence-corrected chi connectivity index (χ2v) is 12.9. The minimum atomic E-state index is -1.82. The lowest BCUT2D eigenvalue weighted by molar-refractivity contribution is -0.133. The first kappa shape index (κ1) is 34.6. The normalized spacial score (nSPS) is 14.5. The first-order valence-corrected chi connectivity index (χ1v) is 16.6. The standard InChI is InChI=1S/C36H38F2N6O3S/c1-5-12-40-17-33(45)47-34-23(2)13-27(14-24(34)3)18-43-21-41-44(22-43)20-36(46,30-11-10-29(37)15-31(30)38)25(4)35-42-32(19-48-35)28-8-6-26(16-39)7-9-28/h6-11,13-15,19,21,25,40,46H,5,12,17-18,20,22H2,1-4H3/t25-,36+/m0/s1. The van der Waals surface area contributed by atoms with Crippen LogP contribution in [0.3, 0.4) is 0 Å². The van der Waals surface area contributed by atoms with E-state index in [4.69, 9.17) is 15.0 Å². The summed E-state index contributed by atoms with van der Waals surface area (Å²) in [7, 11) is 0. The van der Waals surface area contributed by atoms with E-state index in [2.05, 4.69) is 16.5 Å². The van der Waals surface area contributed by atoms with E-state index in [1.54, 1.807) is 42.5 Å². The van der Waals surface area contributed by atoms with Gasteiger partial charge in [-0.1, -0.05) is 44.2 Å². The van der Waals surface area contributed by atoms with E-state index in [1.807, 2.05) is 43.2 Å². The SMILES string of the molecule is CCCNCC(=O)Oc1c(C)cc(CN2C=NN(C[C@](O)(c3ccc(F)cc3F)[C@@H](C)c3nc(-c4ccc(C#N)cc4)cs3)C2)cc1C. The van der Waals surface area contributed by atoms with Gasteiger partial charge in [0.05, 0.1) is 35.4 Å². The van der Waals surface area contributed by atoms with Crippen LogP contribution in [0.15, 0.2) is 65.1 Å². The zero-order valence-corrected chi connectivity index (χ0v) is 28.2. The van der Waals surface area contributed by atoms with Gasteiger partial charge in [-0.15, -0.1) is 11.3 Å². The molecule has 0 fully saturated rings. The number of rotatable bonds is 13. The van der Waals surface area contributed by atoms with Crippen molar-refractivity contribution in [1.29, 1.82) is 5.26 Å². The number of esters is 1. The number of nitrogens with one attached hydrogen (secondary N) is 1. The molecule has 2 heterocycles. The number of hydrogen-bond donors (Lipinski definition) is 2. The van der Waals surface area contributed by atoms with Crippen molar-refractivity contribution in [1.82, 2.24) is 20.2 Å². The molecule has 0 bridgehead atoms. The minimum absolute atomic E-state index is 0.0542. The van der Waals surface area contributed by atoms with Gasteiger partial charge in [0.1, 0.15) is 36.0 Å². The summed E-state index contributed by atoms with van der Waals surface area (Å²) in [4.78, 5) is 19.0. The summed E-state index contributed by atoms with van der Waals surface area (Å²) in [5.41, 5.74) is 2.77. The zero-order valence-electron chi connectivity index (χ0n) is 27.3. The lowest BCUT2D eigenvalue weighted by atomic mass is 9.81. The van der Waals surface area contributed by atoms with Crippen LogP contribution in [0, 0.1) is 36.8 Å². The molecule has 4 aromatic rings. The highest BCUT2D eigenvalue weighted by Gasteiger charge is 2.43. The number of aliphatic hydroxyl groups is 1. The summed E-state index contributed by atoms with van der Waals surface area (Å²) in [6.45, 7) is 9.18. The Bertz CT molecular complexity index is 1820. The van der Waals surface area contributed by atoms with Crippen molar-refractivity contribution in [2.75, 3.05) is 26.3 Å². The molecular weight excluding hydrogens is 634 g/mol. The molecule has 2 atom stereocenters. The Balaban J connectivity index is 1.32. The third kappa shape index (κ3) is 7.87. The fourth-order valence-corrected chi connectivity index (χ4v) is 6.74. The average Bonchev–Trinajstić information content (AvgIpc) is 3.72. The van der Waals surface area contributed by atoms with Crippen LogP contribution < -0.4 is 10.1 Å². The van der Waals surface area contributed by atoms with Gasteiger partial charge in [0, 0.05) is 35.0 Å². The van der Waals surface area contributed by atoms with Crippen molar-refractivity contribution in [2.24, 2.45) is 5.10 Å². The van der Waals surface area contributed by atoms with Gasteiger partial charge in [-0.3, -0.25) is 9.80 Å². The van der Waals surface area contributed by atoms with E-state index < -0.39 is 23.2 Å². The molecule has 1 aliphatic heterocycles. The number of carbonyl (C=O) groups is 1. The molecule has 0 amide bonds. The number of ether oxygens (including phenoxy) is 1. The zero-order chi connectivity index (χ0) is 34.4. The molecule has 0 saturated heterocycles. The molecule has 250 valence electrons. The summed E-state index contributed by atoms with van der Waals surface area (Å²) in [5, 5.41) is 33.0. The van der Waals surface area contributed by atoms with Crippen molar-refractivity contribution >= 4 is 23.6 Å². The van der Waals surface area contributed by atoms with E-state index in [9.17, 15) is 14.3 Å². The maximum atomic E-state index is 15.3. The number of β-amino-alcohol motifs (C(OH)–C–C–N with tert-alkyl or cyclic N) is 1. The molecule has 0 spiro atoms. The lowest BCUT2D eigenvalue weighted by Gasteiger charge is -2.36. The lowest BCUT2D eigenvalue weighted by Crippen LogP contribution is -2.44. The molecule has 3 aromatic carbocycles. The average molecular weight is 673 g/mol. The monoisotopic (exact) mass is 672 g/mol. The van der Waals surface area contributed by atoms with Crippen molar-refractivity contribution in [3.8, 4) is 23.1 Å². The maximum absolute atomic E-state index is 15.3. The number of benzene rings is 3. The predicted molar refractivity (Wildman–Crippen MR) is 181 cm³/mol. The number of hydrazone groups is 1. The predicted octanol–water partition coefficient (Wildman–Crippen LogP) is 6.19. The van der Waals surface area contributed by atoms with Crippen molar-refractivity contribution < 1.29 is 23.4 Å². The Morgan fingerprint density at radius 1 is 1.17 bits per heavy atom. The Kier molecular flexibility index (Phi) is 10.8. The fraction of sp³-hybridized carbons (Fsp3) is 0.333. The first-order valence-electron chi connectivity index (χ1n) is 15.7. The quantitative estimate of drug-likeness (QED) is 0.0982. The topological polar surface area (TPSA) is 114 Å². The number of thiazole rings is 1. The highest BCUT2D eigenvalue weighted by molar-refractivity contribution is 7.10. The number of hydrogen-bond acceptors (Lipinski definition) is 10. The molecular formula is C36H38F2N6O3S. The second-order valence-electron chi connectivity index (χ2n) is 12.0. The first-order chi connectivity index (χ1) is 23.0. The molecule has 1 aliphatic rings. The molecule has 9 nitrogen and oxygen atoms in total. The van der Waals surface area contributed by atoms with Crippen LogP contribution in [0.4, 0.5) is 8.78 Å². The number of nitriles is 1.